The van der Waals surface area contributed by atoms with E-state index in [2.05, 4.69) is 35.5 Å². The number of nitrogens with one attached hydrogen (secondary N) is 1. The van der Waals surface area contributed by atoms with Crippen molar-refractivity contribution >= 4 is 22.6 Å². The molecule has 1 amide bonds. The van der Waals surface area contributed by atoms with Crippen molar-refractivity contribution in [3.05, 3.63) is 46.6 Å². The van der Waals surface area contributed by atoms with Gasteiger partial charge in [-0.2, -0.15) is 15.0 Å². The Hall–Kier alpha value is -3.20. The lowest BCUT2D eigenvalue weighted by Crippen LogP contribution is -2.16. The molecular weight excluding hydrogens is 338 g/mol. The normalized spacial score (nSPS) is 10.8. The van der Waals surface area contributed by atoms with Crippen LogP contribution in [-0.2, 0) is 4.79 Å². The molecule has 0 aliphatic heterocycles. The van der Waals surface area contributed by atoms with Crippen molar-refractivity contribution in [2.75, 3.05) is 5.32 Å². The highest BCUT2D eigenvalue weighted by atomic mass is 16.1. The Morgan fingerprint density at radius 3 is 2.70 bits per heavy atom. The molecule has 0 bridgehead atoms. The number of pyridine rings is 1. The fourth-order valence-electron chi connectivity index (χ4n) is 3.19. The molecule has 0 fully saturated rings. The second-order valence-electron chi connectivity index (χ2n) is 6.86. The first-order valence-electron chi connectivity index (χ1n) is 9.11. The molecule has 0 aliphatic rings. The number of hydrogen-bond donors (Lipinski definition) is 1. The summed E-state index contributed by atoms with van der Waals surface area (Å²) in [6.45, 7) is 8.16. The van der Waals surface area contributed by atoms with Crippen molar-refractivity contribution in [3.63, 3.8) is 0 Å². The minimum atomic E-state index is -0.126. The van der Waals surface area contributed by atoms with Crippen LogP contribution in [0.25, 0.3) is 16.7 Å². The zero-order chi connectivity index (χ0) is 19.6. The van der Waals surface area contributed by atoms with Crippen molar-refractivity contribution in [2.24, 2.45) is 0 Å². The molecule has 6 nitrogen and oxygen atoms in total. The average molecular weight is 361 g/mol. The Kier molecular flexibility index (Phi) is 5.22. The first-order chi connectivity index (χ1) is 12.9. The minimum absolute atomic E-state index is 0.126. The maximum Gasteiger partial charge on any atom is 0.225 e. The van der Waals surface area contributed by atoms with Crippen LogP contribution >= 0.6 is 0 Å². The minimum Gasteiger partial charge on any atom is -0.309 e. The van der Waals surface area contributed by atoms with Crippen LogP contribution in [0.1, 0.15) is 48.4 Å². The quantitative estimate of drug-likeness (QED) is 0.732. The van der Waals surface area contributed by atoms with Crippen molar-refractivity contribution in [3.8, 4) is 11.9 Å². The standard InChI is InChI=1S/C21H23N5O/c1-5-6-7-19(27)25-21-16(11-22)12-23-26(21)18-10-14(3)17-9-13(2)8-15(4)20(17)24-18/h8-10,12H,5-7H2,1-4H3,(H,25,27). The first kappa shape index (κ1) is 18.6. The van der Waals surface area contributed by atoms with Crippen LogP contribution in [-0.4, -0.2) is 20.7 Å². The number of aryl methyl sites for hydroxylation is 3. The molecule has 1 N–H and O–H groups in total. The van der Waals surface area contributed by atoms with Crippen molar-refractivity contribution in [1.82, 2.24) is 14.8 Å². The molecule has 3 rings (SSSR count). The third kappa shape index (κ3) is 3.68. The largest absolute Gasteiger partial charge is 0.309 e. The van der Waals surface area contributed by atoms with Crippen LogP contribution in [0.4, 0.5) is 5.82 Å². The summed E-state index contributed by atoms with van der Waals surface area (Å²) >= 11 is 0. The lowest BCUT2D eigenvalue weighted by Gasteiger charge is -2.12. The number of benzene rings is 1. The maximum atomic E-state index is 12.2. The van der Waals surface area contributed by atoms with Crippen LogP contribution in [0.2, 0.25) is 0 Å². The van der Waals surface area contributed by atoms with Crippen LogP contribution in [0.3, 0.4) is 0 Å². The van der Waals surface area contributed by atoms with Gasteiger partial charge >= 0.3 is 0 Å². The fraction of sp³-hybridized carbons (Fsp3) is 0.333. The van der Waals surface area contributed by atoms with E-state index in [9.17, 15) is 10.1 Å². The van der Waals surface area contributed by atoms with E-state index in [1.165, 1.54) is 16.4 Å². The van der Waals surface area contributed by atoms with E-state index in [0.29, 0.717) is 23.6 Å². The Morgan fingerprint density at radius 1 is 1.22 bits per heavy atom. The highest BCUT2D eigenvalue weighted by Gasteiger charge is 2.17. The second kappa shape index (κ2) is 7.58. The summed E-state index contributed by atoms with van der Waals surface area (Å²) in [6.07, 6.45) is 3.60. The molecule has 0 unspecified atom stereocenters. The molecule has 0 saturated carbocycles. The predicted octanol–water partition coefficient (Wildman–Crippen LogP) is 4.35. The molecule has 1 aromatic carbocycles. The van der Waals surface area contributed by atoms with Gasteiger partial charge in [0.2, 0.25) is 5.91 Å². The van der Waals surface area contributed by atoms with Gasteiger partial charge in [0, 0.05) is 11.8 Å². The fourth-order valence-corrected chi connectivity index (χ4v) is 3.19. The topological polar surface area (TPSA) is 83.6 Å². The van der Waals surface area contributed by atoms with Gasteiger partial charge in [-0.25, -0.2) is 4.98 Å². The third-order valence-electron chi connectivity index (χ3n) is 4.56. The van der Waals surface area contributed by atoms with E-state index in [0.717, 1.165) is 34.9 Å². The van der Waals surface area contributed by atoms with E-state index in [-0.39, 0.29) is 5.91 Å². The molecule has 2 aromatic heterocycles. The number of rotatable bonds is 5. The summed E-state index contributed by atoms with van der Waals surface area (Å²) in [6, 6.07) is 8.23. The van der Waals surface area contributed by atoms with Crippen molar-refractivity contribution in [2.45, 2.75) is 47.0 Å². The van der Waals surface area contributed by atoms with Crippen LogP contribution < -0.4 is 5.32 Å². The number of nitrogens with zero attached hydrogens (tertiary/aromatic N) is 4. The Balaban J connectivity index is 2.10. The van der Waals surface area contributed by atoms with Gasteiger partial charge in [0.05, 0.1) is 11.7 Å². The van der Waals surface area contributed by atoms with Gasteiger partial charge in [-0.3, -0.25) is 4.79 Å². The molecule has 0 aliphatic carbocycles. The predicted molar refractivity (Wildman–Crippen MR) is 106 cm³/mol. The van der Waals surface area contributed by atoms with E-state index in [4.69, 9.17) is 4.98 Å². The molecule has 0 saturated heterocycles. The molecule has 27 heavy (non-hydrogen) atoms. The number of fused-ring (bicyclic) bond motifs is 1. The molecule has 6 heteroatoms. The molecular formula is C21H23N5O. The van der Waals surface area contributed by atoms with E-state index < -0.39 is 0 Å². The lowest BCUT2D eigenvalue weighted by molar-refractivity contribution is -0.116. The number of anilines is 1. The number of amides is 1. The van der Waals surface area contributed by atoms with Crippen LogP contribution in [0, 0.1) is 32.1 Å². The monoisotopic (exact) mass is 361 g/mol. The smallest absolute Gasteiger partial charge is 0.225 e. The molecule has 0 atom stereocenters. The summed E-state index contributed by atoms with van der Waals surface area (Å²) < 4.78 is 1.54. The van der Waals surface area contributed by atoms with Gasteiger partial charge in [0.25, 0.3) is 0 Å². The molecule has 0 spiro atoms. The first-order valence-corrected chi connectivity index (χ1v) is 9.11. The van der Waals surface area contributed by atoms with Gasteiger partial charge < -0.3 is 5.32 Å². The summed E-state index contributed by atoms with van der Waals surface area (Å²) in [5, 5.41) is 17.6. The third-order valence-corrected chi connectivity index (χ3v) is 4.56. The summed E-state index contributed by atoms with van der Waals surface area (Å²) in [5.74, 6) is 0.827. The summed E-state index contributed by atoms with van der Waals surface area (Å²) in [4.78, 5) is 17.0. The highest BCUT2D eigenvalue weighted by molar-refractivity contribution is 5.91. The lowest BCUT2D eigenvalue weighted by atomic mass is 10.0. The average Bonchev–Trinajstić information content (AvgIpc) is 3.03. The zero-order valence-electron chi connectivity index (χ0n) is 16.1. The SMILES string of the molecule is CCCCC(=O)Nc1c(C#N)cnn1-c1cc(C)c2cc(C)cc(C)c2n1. The second-order valence-corrected chi connectivity index (χ2v) is 6.86. The Morgan fingerprint density at radius 2 is 2.00 bits per heavy atom. The van der Waals surface area contributed by atoms with Gasteiger partial charge in [0.1, 0.15) is 11.6 Å². The van der Waals surface area contributed by atoms with Gasteiger partial charge in [0.15, 0.2) is 11.6 Å². The number of hydrogen-bond acceptors (Lipinski definition) is 4. The summed E-state index contributed by atoms with van der Waals surface area (Å²) in [5.41, 5.74) is 4.55. The van der Waals surface area contributed by atoms with E-state index in [1.807, 2.05) is 26.8 Å². The van der Waals surface area contributed by atoms with Gasteiger partial charge in [-0.05, 0) is 50.5 Å². The van der Waals surface area contributed by atoms with E-state index in [1.54, 1.807) is 0 Å². The van der Waals surface area contributed by atoms with E-state index >= 15 is 0 Å². The van der Waals surface area contributed by atoms with Crippen molar-refractivity contribution in [1.29, 1.82) is 5.26 Å². The number of carbonyl (C=O) groups is 1. The molecule has 3 aromatic rings. The van der Waals surface area contributed by atoms with Gasteiger partial charge in [-0.15, -0.1) is 0 Å². The van der Waals surface area contributed by atoms with Gasteiger partial charge in [-0.1, -0.05) is 25.0 Å². The van der Waals surface area contributed by atoms with Crippen molar-refractivity contribution < 1.29 is 4.79 Å². The maximum absolute atomic E-state index is 12.2. The number of aromatic nitrogens is 3. The highest BCUT2D eigenvalue weighted by Crippen LogP contribution is 2.26. The zero-order valence-corrected chi connectivity index (χ0v) is 16.1. The number of unbranched alkanes of at least 4 members (excludes halogenated alkanes) is 1. The van der Waals surface area contributed by atoms with Crippen LogP contribution in [0.15, 0.2) is 24.4 Å². The number of nitriles is 1. The van der Waals surface area contributed by atoms with Crippen LogP contribution in [0.5, 0.6) is 0 Å². The Labute approximate surface area is 158 Å². The Bertz CT molecular complexity index is 1060. The summed E-state index contributed by atoms with van der Waals surface area (Å²) in [7, 11) is 0. The molecule has 2 heterocycles. The number of carbonyl (C=O) groups excluding carboxylic acids is 1. The molecule has 138 valence electrons. The molecule has 0 radical (unpaired) electrons.